The molecule has 0 unspecified atom stereocenters. The molecule has 2 heteroatoms. The Labute approximate surface area is 87.7 Å². The highest BCUT2D eigenvalue weighted by Crippen LogP contribution is 2.35. The van der Waals surface area contributed by atoms with Gasteiger partial charge < -0.3 is 0 Å². The summed E-state index contributed by atoms with van der Waals surface area (Å²) in [7, 11) is 0. The van der Waals surface area contributed by atoms with Crippen molar-refractivity contribution in [1.82, 2.24) is 4.98 Å². The number of pyridine rings is 1. The maximum atomic E-state index is 4.27. The monoisotopic (exact) mass is 239 g/mol. The molecule has 1 nitrogen and oxygen atoms in total. The van der Waals surface area contributed by atoms with E-state index in [-0.39, 0.29) is 0 Å². The molecule has 13 heavy (non-hydrogen) atoms. The first-order valence-corrected chi connectivity index (χ1v) is 5.77. The topological polar surface area (TPSA) is 12.9 Å². The zero-order valence-electron chi connectivity index (χ0n) is 7.67. The van der Waals surface area contributed by atoms with Gasteiger partial charge in [-0.3, -0.25) is 0 Å². The van der Waals surface area contributed by atoms with Crippen molar-refractivity contribution >= 4 is 15.9 Å². The number of aromatic nitrogens is 1. The van der Waals surface area contributed by atoms with Crippen molar-refractivity contribution in [2.45, 2.75) is 38.0 Å². The van der Waals surface area contributed by atoms with Gasteiger partial charge in [-0.05, 0) is 46.3 Å². The van der Waals surface area contributed by atoms with Crippen molar-refractivity contribution in [3.8, 4) is 0 Å². The van der Waals surface area contributed by atoms with E-state index in [1.165, 1.54) is 37.7 Å². The molecule has 0 saturated heterocycles. The molecule has 0 bridgehead atoms. The van der Waals surface area contributed by atoms with E-state index in [0.29, 0.717) is 0 Å². The Kier molecular flexibility index (Phi) is 2.99. The summed E-state index contributed by atoms with van der Waals surface area (Å²) < 4.78 is 1.04. The standard InChI is InChI=1S/C11H14BrN/c12-11-10(7-4-8-13-11)9-5-2-1-3-6-9/h4,7-9H,1-3,5-6H2. The minimum Gasteiger partial charge on any atom is -0.249 e. The Bertz CT molecular complexity index is 279. The van der Waals surface area contributed by atoms with Gasteiger partial charge in [0.05, 0.1) is 0 Å². The molecular formula is C11H14BrN. The summed E-state index contributed by atoms with van der Waals surface area (Å²) in [4.78, 5) is 4.27. The zero-order valence-corrected chi connectivity index (χ0v) is 9.26. The third-order valence-corrected chi connectivity index (χ3v) is 3.50. The molecular weight excluding hydrogens is 226 g/mol. The first-order chi connectivity index (χ1) is 6.38. The summed E-state index contributed by atoms with van der Waals surface area (Å²) in [5.74, 6) is 0.747. The normalized spacial score (nSPS) is 18.8. The summed E-state index contributed by atoms with van der Waals surface area (Å²) in [6, 6.07) is 4.24. The maximum Gasteiger partial charge on any atom is 0.109 e. The average molecular weight is 240 g/mol. The van der Waals surface area contributed by atoms with Crippen LogP contribution in [0.2, 0.25) is 0 Å². The Balaban J connectivity index is 2.18. The second kappa shape index (κ2) is 4.23. The van der Waals surface area contributed by atoms with Gasteiger partial charge in [-0.1, -0.05) is 25.3 Å². The highest BCUT2D eigenvalue weighted by atomic mass is 79.9. The predicted molar refractivity (Wildman–Crippen MR) is 57.8 cm³/mol. The van der Waals surface area contributed by atoms with Crippen LogP contribution in [0.25, 0.3) is 0 Å². The molecule has 1 aromatic heterocycles. The first-order valence-electron chi connectivity index (χ1n) is 4.98. The molecule has 1 aliphatic rings. The van der Waals surface area contributed by atoms with Crippen LogP contribution in [-0.4, -0.2) is 4.98 Å². The van der Waals surface area contributed by atoms with Crippen LogP contribution in [0.4, 0.5) is 0 Å². The smallest absolute Gasteiger partial charge is 0.109 e. The summed E-state index contributed by atoms with van der Waals surface area (Å²) in [6.45, 7) is 0. The van der Waals surface area contributed by atoms with Gasteiger partial charge in [0.25, 0.3) is 0 Å². The van der Waals surface area contributed by atoms with Gasteiger partial charge >= 0.3 is 0 Å². The lowest BCUT2D eigenvalue weighted by molar-refractivity contribution is 0.441. The lowest BCUT2D eigenvalue weighted by atomic mass is 9.85. The summed E-state index contributed by atoms with van der Waals surface area (Å²) in [6.07, 6.45) is 8.69. The van der Waals surface area contributed by atoms with E-state index < -0.39 is 0 Å². The molecule has 1 aliphatic carbocycles. The van der Waals surface area contributed by atoms with Crippen molar-refractivity contribution in [2.24, 2.45) is 0 Å². The SMILES string of the molecule is Brc1ncccc1C1CCCCC1. The van der Waals surface area contributed by atoms with Gasteiger partial charge in [0.2, 0.25) is 0 Å². The van der Waals surface area contributed by atoms with Crippen LogP contribution in [-0.2, 0) is 0 Å². The molecule has 1 fully saturated rings. The van der Waals surface area contributed by atoms with Crippen molar-refractivity contribution in [3.05, 3.63) is 28.5 Å². The average Bonchev–Trinajstić information content (AvgIpc) is 2.20. The minimum absolute atomic E-state index is 0.747. The van der Waals surface area contributed by atoms with Crippen LogP contribution >= 0.6 is 15.9 Å². The second-order valence-electron chi connectivity index (χ2n) is 3.72. The predicted octanol–water partition coefficient (Wildman–Crippen LogP) is 3.89. The summed E-state index contributed by atoms with van der Waals surface area (Å²) in [5, 5.41) is 0. The molecule has 0 aliphatic heterocycles. The third-order valence-electron chi connectivity index (χ3n) is 2.83. The number of rotatable bonds is 1. The third kappa shape index (κ3) is 2.11. The van der Waals surface area contributed by atoms with E-state index in [4.69, 9.17) is 0 Å². The molecule has 1 heterocycles. The van der Waals surface area contributed by atoms with Crippen molar-refractivity contribution in [2.75, 3.05) is 0 Å². The fraction of sp³-hybridized carbons (Fsp3) is 0.545. The minimum atomic E-state index is 0.747. The van der Waals surface area contributed by atoms with Crippen molar-refractivity contribution in [1.29, 1.82) is 0 Å². The fourth-order valence-corrected chi connectivity index (χ4v) is 2.69. The second-order valence-corrected chi connectivity index (χ2v) is 4.47. The van der Waals surface area contributed by atoms with Crippen molar-refractivity contribution in [3.63, 3.8) is 0 Å². The van der Waals surface area contributed by atoms with Crippen molar-refractivity contribution < 1.29 is 0 Å². The van der Waals surface area contributed by atoms with E-state index in [1.54, 1.807) is 0 Å². The molecule has 0 N–H and O–H groups in total. The molecule has 0 aromatic carbocycles. The number of hydrogen-bond acceptors (Lipinski definition) is 1. The van der Waals surface area contributed by atoms with Gasteiger partial charge in [0, 0.05) is 6.20 Å². The Morgan fingerprint density at radius 3 is 2.69 bits per heavy atom. The van der Waals surface area contributed by atoms with E-state index in [0.717, 1.165) is 10.5 Å². The van der Waals surface area contributed by atoms with E-state index in [1.807, 2.05) is 12.3 Å². The zero-order chi connectivity index (χ0) is 9.10. The Morgan fingerprint density at radius 1 is 1.23 bits per heavy atom. The van der Waals surface area contributed by atoms with Crippen LogP contribution in [0.5, 0.6) is 0 Å². The highest BCUT2D eigenvalue weighted by molar-refractivity contribution is 9.10. The quantitative estimate of drug-likeness (QED) is 0.678. The summed E-state index contributed by atoms with van der Waals surface area (Å²) in [5.41, 5.74) is 1.40. The van der Waals surface area contributed by atoms with Gasteiger partial charge in [0.1, 0.15) is 4.60 Å². The molecule has 1 saturated carbocycles. The Morgan fingerprint density at radius 2 is 2.00 bits per heavy atom. The van der Waals surface area contributed by atoms with Crippen LogP contribution in [0, 0.1) is 0 Å². The van der Waals surface area contributed by atoms with Crippen LogP contribution < -0.4 is 0 Å². The highest BCUT2D eigenvalue weighted by Gasteiger charge is 2.17. The van der Waals surface area contributed by atoms with Crippen LogP contribution in [0.1, 0.15) is 43.6 Å². The maximum absolute atomic E-state index is 4.27. The lowest BCUT2D eigenvalue weighted by Gasteiger charge is -2.22. The van der Waals surface area contributed by atoms with Crippen LogP contribution in [0.15, 0.2) is 22.9 Å². The van der Waals surface area contributed by atoms with Gasteiger partial charge in [-0.15, -0.1) is 0 Å². The number of nitrogens with zero attached hydrogens (tertiary/aromatic N) is 1. The summed E-state index contributed by atoms with van der Waals surface area (Å²) >= 11 is 3.52. The van der Waals surface area contributed by atoms with Gasteiger partial charge in [-0.2, -0.15) is 0 Å². The van der Waals surface area contributed by atoms with E-state index in [2.05, 4.69) is 27.0 Å². The first kappa shape index (κ1) is 9.20. The molecule has 2 rings (SSSR count). The van der Waals surface area contributed by atoms with Crippen LogP contribution in [0.3, 0.4) is 0 Å². The molecule has 0 spiro atoms. The number of hydrogen-bond donors (Lipinski definition) is 0. The molecule has 70 valence electrons. The Hall–Kier alpha value is -0.370. The van der Waals surface area contributed by atoms with E-state index in [9.17, 15) is 0 Å². The molecule has 0 atom stereocenters. The fourth-order valence-electron chi connectivity index (χ4n) is 2.12. The molecule has 0 amide bonds. The van der Waals surface area contributed by atoms with E-state index >= 15 is 0 Å². The molecule has 0 radical (unpaired) electrons. The lowest BCUT2D eigenvalue weighted by Crippen LogP contribution is -2.05. The molecule has 1 aromatic rings. The largest absolute Gasteiger partial charge is 0.249 e. The van der Waals surface area contributed by atoms with Gasteiger partial charge in [-0.25, -0.2) is 4.98 Å². The van der Waals surface area contributed by atoms with Gasteiger partial charge in [0.15, 0.2) is 0 Å². The number of halogens is 1.